The Morgan fingerprint density at radius 2 is 1.55 bits per heavy atom. The maximum absolute atomic E-state index is 13.6. The molecule has 1 aliphatic heterocycles. The van der Waals surface area contributed by atoms with E-state index in [-0.39, 0.29) is 24.3 Å². The van der Waals surface area contributed by atoms with Crippen molar-refractivity contribution < 1.29 is 14.4 Å². The zero-order valence-electron chi connectivity index (χ0n) is 22.3. The molecule has 0 saturated heterocycles. The van der Waals surface area contributed by atoms with Gasteiger partial charge in [-0.3, -0.25) is 19.4 Å². The topological polar surface area (TPSA) is 94.6 Å². The Bertz CT molecular complexity index is 1500. The van der Waals surface area contributed by atoms with Gasteiger partial charge in [0, 0.05) is 36.1 Å². The minimum absolute atomic E-state index is 0.108. The van der Waals surface area contributed by atoms with E-state index in [1.165, 1.54) is 0 Å². The van der Waals surface area contributed by atoms with Crippen molar-refractivity contribution >= 4 is 34.8 Å². The fourth-order valence-electron chi connectivity index (χ4n) is 4.79. The van der Waals surface area contributed by atoms with Crippen LogP contribution in [0, 0.1) is 6.92 Å². The molecule has 0 atom stereocenters. The summed E-state index contributed by atoms with van der Waals surface area (Å²) in [5.74, 6) is -0.433. The molecular formula is C32H31N5O3. The number of anilines is 3. The third-order valence-electron chi connectivity index (χ3n) is 6.87. The number of hydrogen-bond acceptors (Lipinski definition) is 5. The summed E-state index contributed by atoms with van der Waals surface area (Å²) in [6.07, 6.45) is 2.41. The molecule has 5 rings (SSSR count). The van der Waals surface area contributed by atoms with Crippen LogP contribution in [0.15, 0.2) is 97.2 Å². The molecule has 8 nitrogen and oxygen atoms in total. The molecule has 40 heavy (non-hydrogen) atoms. The molecule has 2 heterocycles. The predicted octanol–water partition coefficient (Wildman–Crippen LogP) is 4.82. The van der Waals surface area contributed by atoms with Crippen molar-refractivity contribution in [3.63, 3.8) is 0 Å². The number of fused-ring (bicyclic) bond motifs is 1. The summed E-state index contributed by atoms with van der Waals surface area (Å²) in [6, 6.07) is 27.6. The van der Waals surface area contributed by atoms with Crippen LogP contribution in [0.25, 0.3) is 0 Å². The molecule has 3 amide bonds. The number of aryl methyl sites for hydroxylation is 1. The summed E-state index contributed by atoms with van der Waals surface area (Å²) >= 11 is 0. The van der Waals surface area contributed by atoms with Crippen LogP contribution in [0.2, 0.25) is 0 Å². The zero-order valence-corrected chi connectivity index (χ0v) is 22.3. The van der Waals surface area contributed by atoms with E-state index in [0.29, 0.717) is 42.9 Å². The van der Waals surface area contributed by atoms with E-state index in [1.807, 2.05) is 72.5 Å². The minimum Gasteiger partial charge on any atom is -0.360 e. The van der Waals surface area contributed by atoms with Crippen LogP contribution in [0.4, 0.5) is 17.1 Å². The quantitative estimate of drug-likeness (QED) is 0.355. The summed E-state index contributed by atoms with van der Waals surface area (Å²) in [5.41, 5.74) is 5.03. The van der Waals surface area contributed by atoms with E-state index in [2.05, 4.69) is 15.6 Å². The molecule has 1 aliphatic rings. The number of benzene rings is 3. The van der Waals surface area contributed by atoms with Gasteiger partial charge in [0.25, 0.3) is 11.8 Å². The van der Waals surface area contributed by atoms with Crippen molar-refractivity contribution in [1.29, 1.82) is 0 Å². The highest BCUT2D eigenvalue weighted by Crippen LogP contribution is 2.33. The molecule has 0 spiro atoms. The Morgan fingerprint density at radius 3 is 2.30 bits per heavy atom. The summed E-state index contributed by atoms with van der Waals surface area (Å²) in [6.45, 7) is 3.60. The van der Waals surface area contributed by atoms with Gasteiger partial charge >= 0.3 is 0 Å². The number of nitrogens with zero attached hydrogens (tertiary/aromatic N) is 3. The normalized spacial score (nSPS) is 12.7. The van der Waals surface area contributed by atoms with E-state index < -0.39 is 0 Å². The number of carbonyl (C=O) groups excluding carboxylic acids is 3. The number of aromatic nitrogens is 1. The fourth-order valence-corrected chi connectivity index (χ4v) is 4.79. The number of pyridine rings is 1. The number of nitrogens with one attached hydrogen (secondary N) is 2. The van der Waals surface area contributed by atoms with Crippen molar-refractivity contribution in [2.45, 2.75) is 19.9 Å². The van der Waals surface area contributed by atoms with Gasteiger partial charge in [0.05, 0.1) is 30.2 Å². The highest BCUT2D eigenvalue weighted by atomic mass is 16.2. The molecule has 0 aliphatic carbocycles. The Labute approximate surface area is 233 Å². The zero-order chi connectivity index (χ0) is 27.9. The van der Waals surface area contributed by atoms with Crippen molar-refractivity contribution in [3.05, 3.63) is 120 Å². The number of rotatable bonds is 7. The van der Waals surface area contributed by atoms with Gasteiger partial charge < -0.3 is 20.4 Å². The molecule has 2 N–H and O–H groups in total. The number of hydrogen-bond donors (Lipinski definition) is 2. The third kappa shape index (κ3) is 6.18. The predicted molar refractivity (Wildman–Crippen MR) is 157 cm³/mol. The first-order chi connectivity index (χ1) is 19.5. The minimum atomic E-state index is -0.192. The molecule has 0 saturated carbocycles. The lowest BCUT2D eigenvalue weighted by Gasteiger charge is -2.26. The lowest BCUT2D eigenvalue weighted by molar-refractivity contribution is -0.119. The van der Waals surface area contributed by atoms with Crippen molar-refractivity contribution in [2.24, 2.45) is 0 Å². The molecule has 1 aromatic heterocycles. The molecule has 0 radical (unpaired) electrons. The smallest absolute Gasteiger partial charge is 0.258 e. The van der Waals surface area contributed by atoms with Crippen molar-refractivity contribution in [2.75, 3.05) is 34.8 Å². The molecule has 0 bridgehead atoms. The van der Waals surface area contributed by atoms with Crippen molar-refractivity contribution in [3.8, 4) is 0 Å². The highest BCUT2D eigenvalue weighted by Gasteiger charge is 2.26. The van der Waals surface area contributed by atoms with Gasteiger partial charge in [0.15, 0.2) is 0 Å². The van der Waals surface area contributed by atoms with E-state index in [9.17, 15) is 14.4 Å². The van der Waals surface area contributed by atoms with Gasteiger partial charge in [-0.15, -0.1) is 0 Å². The van der Waals surface area contributed by atoms with E-state index in [4.69, 9.17) is 0 Å². The molecule has 4 aromatic rings. The first-order valence-electron chi connectivity index (χ1n) is 13.3. The molecule has 0 unspecified atom stereocenters. The van der Waals surface area contributed by atoms with E-state index in [0.717, 1.165) is 22.6 Å². The second kappa shape index (κ2) is 12.3. The average molecular weight is 534 g/mol. The van der Waals surface area contributed by atoms with Crippen LogP contribution >= 0.6 is 0 Å². The van der Waals surface area contributed by atoms with E-state index in [1.54, 1.807) is 41.4 Å². The Hall–Kier alpha value is -4.98. The Kier molecular flexibility index (Phi) is 8.15. The largest absolute Gasteiger partial charge is 0.360 e. The van der Waals surface area contributed by atoms with Crippen LogP contribution in [-0.4, -0.2) is 42.3 Å². The number of carbonyl (C=O) groups is 3. The van der Waals surface area contributed by atoms with Crippen LogP contribution in [0.1, 0.15) is 38.4 Å². The monoisotopic (exact) mass is 533 g/mol. The fraction of sp³-hybridized carbons (Fsp3) is 0.188. The molecule has 3 aromatic carbocycles. The van der Waals surface area contributed by atoms with Crippen LogP contribution in [0.3, 0.4) is 0 Å². The molecule has 202 valence electrons. The Morgan fingerprint density at radius 1 is 0.825 bits per heavy atom. The van der Waals surface area contributed by atoms with Gasteiger partial charge in [-0.05, 0) is 73.5 Å². The summed E-state index contributed by atoms with van der Waals surface area (Å²) in [7, 11) is 0. The lowest BCUT2D eigenvalue weighted by Crippen LogP contribution is -2.37. The van der Waals surface area contributed by atoms with Crippen molar-refractivity contribution in [1.82, 2.24) is 10.3 Å². The summed E-state index contributed by atoms with van der Waals surface area (Å²) < 4.78 is 0. The number of para-hydroxylation sites is 2. The second-order valence-electron chi connectivity index (χ2n) is 9.66. The number of amides is 3. The van der Waals surface area contributed by atoms with Crippen LogP contribution in [0.5, 0.6) is 0 Å². The SMILES string of the molecule is Cc1ccccc1C(=O)Nc1ccc(C(=O)N2CCCN(CC(=O)NCc3ccccn3)c3ccccc32)cc1. The third-order valence-corrected chi connectivity index (χ3v) is 6.87. The standard InChI is InChI=1S/C32H31N5O3/c1-23-9-2-3-11-27(23)31(39)35-25-16-14-24(15-17-25)32(40)37-20-8-19-36(28-12-4-5-13-29(28)37)22-30(38)34-21-26-10-6-7-18-33-26/h2-7,9-18H,8,19-22H2,1H3,(H,34,38)(H,35,39). The highest BCUT2D eigenvalue weighted by molar-refractivity contribution is 6.09. The van der Waals surface area contributed by atoms with Gasteiger partial charge in [0.2, 0.25) is 5.91 Å². The maximum atomic E-state index is 13.6. The average Bonchev–Trinajstić information content (AvgIpc) is 3.16. The summed E-state index contributed by atoms with van der Waals surface area (Å²) in [4.78, 5) is 47.1. The molecular weight excluding hydrogens is 502 g/mol. The molecule has 8 heteroatoms. The van der Waals surface area contributed by atoms with Gasteiger partial charge in [-0.1, -0.05) is 36.4 Å². The van der Waals surface area contributed by atoms with Gasteiger partial charge in [-0.25, -0.2) is 0 Å². The Balaban J connectivity index is 1.27. The first kappa shape index (κ1) is 26.6. The molecule has 0 fully saturated rings. The van der Waals surface area contributed by atoms with Gasteiger partial charge in [0.1, 0.15) is 0 Å². The van der Waals surface area contributed by atoms with Gasteiger partial charge in [-0.2, -0.15) is 0 Å². The first-order valence-corrected chi connectivity index (χ1v) is 13.3. The summed E-state index contributed by atoms with van der Waals surface area (Å²) in [5, 5.41) is 5.84. The van der Waals surface area contributed by atoms with Crippen LogP contribution < -0.4 is 20.4 Å². The lowest BCUT2D eigenvalue weighted by atomic mass is 10.1. The van der Waals surface area contributed by atoms with Crippen LogP contribution in [-0.2, 0) is 11.3 Å². The second-order valence-corrected chi connectivity index (χ2v) is 9.66. The maximum Gasteiger partial charge on any atom is 0.258 e. The van der Waals surface area contributed by atoms with E-state index >= 15 is 0 Å².